The number of carbonyl (C=O) groups excluding carboxylic acids is 2. The topological polar surface area (TPSA) is 79.6 Å². The number of likely N-dealkylation sites (tertiary alicyclic amines) is 1. The number of pyridine rings is 1. The SMILES string of the molecule is O=C(NCc1nnc2ccccn12)[C@H]1CCCN(C(=O)c2cccs2)C1. The molecule has 134 valence electrons. The van der Waals surface area contributed by atoms with E-state index >= 15 is 0 Å². The lowest BCUT2D eigenvalue weighted by atomic mass is 9.97. The maximum atomic E-state index is 12.6. The van der Waals surface area contributed by atoms with Crippen LogP contribution in [0.2, 0.25) is 0 Å². The second-order valence-corrected chi connectivity index (χ2v) is 7.28. The average molecular weight is 369 g/mol. The first-order valence-electron chi connectivity index (χ1n) is 8.61. The molecule has 26 heavy (non-hydrogen) atoms. The molecule has 1 aliphatic rings. The number of aromatic nitrogens is 3. The van der Waals surface area contributed by atoms with Crippen LogP contribution in [0.1, 0.15) is 28.3 Å². The van der Waals surface area contributed by atoms with E-state index < -0.39 is 0 Å². The monoisotopic (exact) mass is 369 g/mol. The summed E-state index contributed by atoms with van der Waals surface area (Å²) in [4.78, 5) is 27.6. The van der Waals surface area contributed by atoms with Crippen molar-refractivity contribution < 1.29 is 9.59 Å². The van der Waals surface area contributed by atoms with Crippen LogP contribution in [-0.2, 0) is 11.3 Å². The van der Waals surface area contributed by atoms with Gasteiger partial charge < -0.3 is 10.2 Å². The smallest absolute Gasteiger partial charge is 0.263 e. The van der Waals surface area contributed by atoms with Crippen molar-refractivity contribution >= 4 is 28.8 Å². The summed E-state index contributed by atoms with van der Waals surface area (Å²) in [5.41, 5.74) is 0.752. The second kappa shape index (κ2) is 7.25. The molecule has 1 saturated heterocycles. The van der Waals surface area contributed by atoms with Crippen LogP contribution in [0.5, 0.6) is 0 Å². The van der Waals surface area contributed by atoms with E-state index in [1.807, 2.05) is 46.3 Å². The Kier molecular flexibility index (Phi) is 4.66. The molecule has 3 aromatic rings. The highest BCUT2D eigenvalue weighted by molar-refractivity contribution is 7.12. The van der Waals surface area contributed by atoms with Gasteiger partial charge in [0.25, 0.3) is 5.91 Å². The molecule has 1 aliphatic heterocycles. The first kappa shape index (κ1) is 16.7. The van der Waals surface area contributed by atoms with E-state index in [0.717, 1.165) is 23.4 Å². The number of hydrogen-bond donors (Lipinski definition) is 1. The minimum absolute atomic E-state index is 0.0148. The van der Waals surface area contributed by atoms with Gasteiger partial charge >= 0.3 is 0 Å². The number of nitrogens with zero attached hydrogens (tertiary/aromatic N) is 4. The average Bonchev–Trinajstić information content (AvgIpc) is 3.36. The van der Waals surface area contributed by atoms with Gasteiger partial charge in [-0.05, 0) is 36.4 Å². The number of amides is 2. The molecule has 0 spiro atoms. The van der Waals surface area contributed by atoms with Crippen LogP contribution in [-0.4, -0.2) is 44.4 Å². The standard InChI is InChI=1S/C18H19N5O2S/c24-17(19-11-16-21-20-15-7-1-2-9-23(15)16)13-5-3-8-22(12-13)18(25)14-6-4-10-26-14/h1-2,4,6-7,9-10,13H,3,5,8,11-12H2,(H,19,24)/t13-/m0/s1. The molecule has 4 heterocycles. The Labute approximate surface area is 154 Å². The largest absolute Gasteiger partial charge is 0.348 e. The van der Waals surface area contributed by atoms with Crippen LogP contribution in [0.15, 0.2) is 41.9 Å². The highest BCUT2D eigenvalue weighted by Gasteiger charge is 2.29. The highest BCUT2D eigenvalue weighted by atomic mass is 32.1. The Hall–Kier alpha value is -2.74. The Morgan fingerprint density at radius 2 is 2.15 bits per heavy atom. The van der Waals surface area contributed by atoms with Gasteiger partial charge in [0, 0.05) is 19.3 Å². The van der Waals surface area contributed by atoms with Gasteiger partial charge in [-0.25, -0.2) is 0 Å². The number of carbonyl (C=O) groups is 2. The Balaban J connectivity index is 1.37. The highest BCUT2D eigenvalue weighted by Crippen LogP contribution is 2.20. The van der Waals surface area contributed by atoms with Crippen molar-refractivity contribution in [1.82, 2.24) is 24.8 Å². The number of rotatable bonds is 4. The van der Waals surface area contributed by atoms with E-state index in [-0.39, 0.29) is 17.7 Å². The Bertz CT molecular complexity index is 921. The van der Waals surface area contributed by atoms with Crippen molar-refractivity contribution in [2.24, 2.45) is 5.92 Å². The summed E-state index contributed by atoms with van der Waals surface area (Å²) in [7, 11) is 0. The molecule has 0 aromatic carbocycles. The number of hydrogen-bond acceptors (Lipinski definition) is 5. The lowest BCUT2D eigenvalue weighted by Crippen LogP contribution is -2.45. The molecule has 7 nitrogen and oxygen atoms in total. The summed E-state index contributed by atoms with van der Waals surface area (Å²) < 4.78 is 1.85. The van der Waals surface area contributed by atoms with Crippen LogP contribution in [0.3, 0.4) is 0 Å². The Morgan fingerprint density at radius 3 is 3.00 bits per heavy atom. The normalized spacial score (nSPS) is 17.4. The summed E-state index contributed by atoms with van der Waals surface area (Å²) in [6.45, 7) is 1.48. The van der Waals surface area contributed by atoms with Crippen LogP contribution < -0.4 is 5.32 Å². The molecule has 0 radical (unpaired) electrons. The molecule has 1 fully saturated rings. The van der Waals surface area contributed by atoms with E-state index in [1.54, 1.807) is 4.90 Å². The van der Waals surface area contributed by atoms with E-state index in [9.17, 15) is 9.59 Å². The molecule has 1 atom stereocenters. The first-order valence-corrected chi connectivity index (χ1v) is 9.49. The van der Waals surface area contributed by atoms with Crippen LogP contribution >= 0.6 is 11.3 Å². The molecular weight excluding hydrogens is 350 g/mol. The van der Waals surface area contributed by atoms with Gasteiger partial charge in [0.15, 0.2) is 11.5 Å². The fourth-order valence-electron chi connectivity index (χ4n) is 3.25. The first-order chi connectivity index (χ1) is 12.7. The van der Waals surface area contributed by atoms with E-state index in [0.29, 0.717) is 25.5 Å². The predicted octanol–water partition coefficient (Wildman–Crippen LogP) is 1.96. The molecule has 8 heteroatoms. The van der Waals surface area contributed by atoms with Gasteiger partial charge in [-0.3, -0.25) is 14.0 Å². The van der Waals surface area contributed by atoms with Crippen LogP contribution in [0, 0.1) is 5.92 Å². The number of piperidine rings is 1. The lowest BCUT2D eigenvalue weighted by Gasteiger charge is -2.31. The van der Waals surface area contributed by atoms with Gasteiger partial charge in [0.2, 0.25) is 5.91 Å². The summed E-state index contributed by atoms with van der Waals surface area (Å²) in [6, 6.07) is 9.36. The molecule has 1 N–H and O–H groups in total. The third-order valence-corrected chi connectivity index (χ3v) is 5.47. The summed E-state index contributed by atoms with van der Waals surface area (Å²) in [6.07, 6.45) is 3.50. The van der Waals surface area contributed by atoms with Crippen molar-refractivity contribution in [2.45, 2.75) is 19.4 Å². The third kappa shape index (κ3) is 3.32. The molecule has 0 unspecified atom stereocenters. The molecule has 4 rings (SSSR count). The Morgan fingerprint density at radius 1 is 1.23 bits per heavy atom. The van der Waals surface area contributed by atoms with Crippen molar-refractivity contribution in [3.8, 4) is 0 Å². The van der Waals surface area contributed by atoms with Crippen molar-refractivity contribution in [3.05, 3.63) is 52.6 Å². The van der Waals surface area contributed by atoms with Crippen LogP contribution in [0.4, 0.5) is 0 Å². The zero-order valence-electron chi connectivity index (χ0n) is 14.2. The molecule has 2 amide bonds. The minimum Gasteiger partial charge on any atom is -0.348 e. The lowest BCUT2D eigenvalue weighted by molar-refractivity contribution is -0.126. The van der Waals surface area contributed by atoms with Gasteiger partial charge in [0.05, 0.1) is 17.3 Å². The zero-order valence-corrected chi connectivity index (χ0v) is 15.0. The van der Waals surface area contributed by atoms with Gasteiger partial charge in [0.1, 0.15) is 0 Å². The van der Waals surface area contributed by atoms with E-state index in [1.165, 1.54) is 11.3 Å². The maximum absolute atomic E-state index is 12.6. The molecule has 0 bridgehead atoms. The molecule has 0 saturated carbocycles. The van der Waals surface area contributed by atoms with Crippen molar-refractivity contribution in [2.75, 3.05) is 13.1 Å². The third-order valence-electron chi connectivity index (χ3n) is 4.62. The van der Waals surface area contributed by atoms with Crippen molar-refractivity contribution in [1.29, 1.82) is 0 Å². The maximum Gasteiger partial charge on any atom is 0.263 e. The summed E-state index contributed by atoms with van der Waals surface area (Å²) >= 11 is 1.43. The predicted molar refractivity (Wildman–Crippen MR) is 97.8 cm³/mol. The fourth-order valence-corrected chi connectivity index (χ4v) is 3.94. The second-order valence-electron chi connectivity index (χ2n) is 6.33. The molecule has 0 aliphatic carbocycles. The summed E-state index contributed by atoms with van der Waals surface area (Å²) in [5.74, 6) is 0.477. The molecule has 3 aromatic heterocycles. The zero-order chi connectivity index (χ0) is 17.9. The number of thiophene rings is 1. The summed E-state index contributed by atoms with van der Waals surface area (Å²) in [5, 5.41) is 13.0. The quantitative estimate of drug-likeness (QED) is 0.762. The van der Waals surface area contributed by atoms with Gasteiger partial charge in [-0.15, -0.1) is 21.5 Å². The van der Waals surface area contributed by atoms with Gasteiger partial charge in [-0.2, -0.15) is 0 Å². The number of nitrogens with one attached hydrogen (secondary N) is 1. The molecular formula is C18H19N5O2S. The minimum atomic E-state index is -0.188. The van der Waals surface area contributed by atoms with E-state index in [2.05, 4.69) is 15.5 Å². The van der Waals surface area contributed by atoms with Crippen molar-refractivity contribution in [3.63, 3.8) is 0 Å². The number of fused-ring (bicyclic) bond motifs is 1. The van der Waals surface area contributed by atoms with E-state index in [4.69, 9.17) is 0 Å². The van der Waals surface area contributed by atoms with Gasteiger partial charge in [-0.1, -0.05) is 12.1 Å². The fraction of sp³-hybridized carbons (Fsp3) is 0.333. The van der Waals surface area contributed by atoms with Crippen LogP contribution in [0.25, 0.3) is 5.65 Å².